The molecular weight excluding hydrogens is 410 g/mol. The van der Waals surface area contributed by atoms with E-state index in [-0.39, 0.29) is 18.4 Å². The van der Waals surface area contributed by atoms with Crippen molar-refractivity contribution in [1.29, 1.82) is 0 Å². The van der Waals surface area contributed by atoms with Gasteiger partial charge in [-0.15, -0.1) is 0 Å². The summed E-state index contributed by atoms with van der Waals surface area (Å²) >= 11 is 9.51. The minimum absolute atomic E-state index is 0.0330. The highest BCUT2D eigenvalue weighted by Crippen LogP contribution is 2.29. The first-order valence-electron chi connectivity index (χ1n) is 7.57. The van der Waals surface area contributed by atoms with Crippen LogP contribution in [0.15, 0.2) is 45.5 Å². The quantitative estimate of drug-likeness (QED) is 0.739. The third-order valence-corrected chi connectivity index (χ3v) is 4.32. The average molecular weight is 425 g/mol. The molecule has 1 aliphatic heterocycles. The number of carbonyl (C=O) groups is 2. The molecule has 0 aliphatic carbocycles. The van der Waals surface area contributed by atoms with Gasteiger partial charge in [-0.05, 0) is 52.3 Å². The topological polar surface area (TPSA) is 74.6 Å². The Morgan fingerprint density at radius 3 is 2.88 bits per heavy atom. The third-order valence-electron chi connectivity index (χ3n) is 3.59. The minimum Gasteiger partial charge on any atom is -0.450 e. The molecular formula is C17H15BrClN3O3. The largest absolute Gasteiger partial charge is 0.450 e. The molecule has 2 N–H and O–H groups in total. The Bertz CT molecular complexity index is 834. The van der Waals surface area contributed by atoms with Crippen molar-refractivity contribution in [2.75, 3.05) is 29.9 Å². The molecule has 6 nitrogen and oxygen atoms in total. The van der Waals surface area contributed by atoms with Gasteiger partial charge in [0, 0.05) is 24.9 Å². The van der Waals surface area contributed by atoms with Gasteiger partial charge < -0.3 is 20.0 Å². The lowest BCUT2D eigenvalue weighted by Crippen LogP contribution is -2.47. The van der Waals surface area contributed by atoms with E-state index in [9.17, 15) is 9.59 Å². The molecule has 0 spiro atoms. The molecule has 25 heavy (non-hydrogen) atoms. The summed E-state index contributed by atoms with van der Waals surface area (Å²) in [5, 5.41) is 5.98. The summed E-state index contributed by atoms with van der Waals surface area (Å²) in [4.78, 5) is 25.4. The lowest BCUT2D eigenvalue weighted by molar-refractivity contribution is -0.120. The number of hydrogen-bond donors (Lipinski definition) is 2. The normalized spacial score (nSPS) is 14.6. The lowest BCUT2D eigenvalue weighted by atomic mass is 10.2. The van der Waals surface area contributed by atoms with Crippen molar-refractivity contribution in [3.63, 3.8) is 0 Å². The van der Waals surface area contributed by atoms with E-state index in [2.05, 4.69) is 26.6 Å². The van der Waals surface area contributed by atoms with Crippen molar-refractivity contribution < 1.29 is 14.0 Å². The number of nitrogens with one attached hydrogen (secondary N) is 2. The van der Waals surface area contributed by atoms with Gasteiger partial charge in [-0.2, -0.15) is 0 Å². The van der Waals surface area contributed by atoms with Gasteiger partial charge in [0.15, 0.2) is 4.67 Å². The molecule has 8 heteroatoms. The molecule has 1 saturated heterocycles. The molecule has 130 valence electrons. The first kappa shape index (κ1) is 17.6. The highest BCUT2D eigenvalue weighted by atomic mass is 79.9. The van der Waals surface area contributed by atoms with Crippen LogP contribution in [0.25, 0.3) is 6.08 Å². The van der Waals surface area contributed by atoms with E-state index >= 15 is 0 Å². The fourth-order valence-corrected chi connectivity index (χ4v) is 3.06. The van der Waals surface area contributed by atoms with Gasteiger partial charge in [0.2, 0.25) is 11.8 Å². The molecule has 1 fully saturated rings. The van der Waals surface area contributed by atoms with Gasteiger partial charge in [0.05, 0.1) is 17.3 Å². The summed E-state index contributed by atoms with van der Waals surface area (Å²) in [6.45, 7) is 1.55. The fourth-order valence-electron chi connectivity index (χ4n) is 2.44. The van der Waals surface area contributed by atoms with E-state index in [1.54, 1.807) is 36.4 Å². The highest BCUT2D eigenvalue weighted by molar-refractivity contribution is 9.10. The van der Waals surface area contributed by atoms with Crippen LogP contribution in [0.2, 0.25) is 5.02 Å². The number of halogens is 2. The highest BCUT2D eigenvalue weighted by Gasteiger charge is 2.18. The van der Waals surface area contributed by atoms with E-state index in [1.165, 1.54) is 6.08 Å². The van der Waals surface area contributed by atoms with Crippen LogP contribution in [0.5, 0.6) is 0 Å². The predicted molar refractivity (Wildman–Crippen MR) is 101 cm³/mol. The maximum Gasteiger partial charge on any atom is 0.248 e. The van der Waals surface area contributed by atoms with Gasteiger partial charge in [-0.3, -0.25) is 9.59 Å². The van der Waals surface area contributed by atoms with Gasteiger partial charge >= 0.3 is 0 Å². The standard InChI is InChI=1S/C17H15BrClN3O3/c18-15-5-2-12(25-15)3-6-16(23)21-11-1-4-14(13(19)9-11)22-8-7-20-17(24)10-22/h1-6,9H,7-8,10H2,(H,20,24)(H,21,23)/b6-3+. The van der Waals surface area contributed by atoms with E-state index in [0.717, 1.165) is 5.69 Å². The van der Waals surface area contributed by atoms with E-state index < -0.39 is 0 Å². The second-order valence-corrected chi connectivity index (χ2v) is 6.59. The summed E-state index contributed by atoms with van der Waals surface area (Å²) in [6.07, 6.45) is 2.95. The summed E-state index contributed by atoms with van der Waals surface area (Å²) in [5.74, 6) is 0.238. The minimum atomic E-state index is -0.298. The van der Waals surface area contributed by atoms with E-state index in [1.807, 2.05) is 4.90 Å². The lowest BCUT2D eigenvalue weighted by Gasteiger charge is -2.29. The Hall–Kier alpha value is -2.25. The van der Waals surface area contributed by atoms with Crippen LogP contribution in [0.1, 0.15) is 5.76 Å². The molecule has 0 saturated carbocycles. The molecule has 0 atom stereocenters. The zero-order valence-electron chi connectivity index (χ0n) is 13.1. The Balaban J connectivity index is 1.65. The fraction of sp³-hybridized carbons (Fsp3) is 0.176. The smallest absolute Gasteiger partial charge is 0.248 e. The van der Waals surface area contributed by atoms with Gasteiger partial charge in [0.25, 0.3) is 0 Å². The Labute approximate surface area is 157 Å². The van der Waals surface area contributed by atoms with Crippen molar-refractivity contribution in [3.8, 4) is 0 Å². The molecule has 3 rings (SSSR count). The number of anilines is 2. The monoisotopic (exact) mass is 423 g/mol. The molecule has 1 aliphatic rings. The molecule has 2 aromatic rings. The van der Waals surface area contributed by atoms with Crippen LogP contribution in [-0.2, 0) is 9.59 Å². The summed E-state index contributed by atoms with van der Waals surface area (Å²) in [7, 11) is 0. The Kier molecular flexibility index (Phi) is 5.45. The maximum absolute atomic E-state index is 12.0. The van der Waals surface area contributed by atoms with Crippen molar-refractivity contribution >= 4 is 56.8 Å². The third kappa shape index (κ3) is 4.64. The second-order valence-electron chi connectivity index (χ2n) is 5.40. The van der Waals surface area contributed by atoms with Crippen LogP contribution in [0.3, 0.4) is 0 Å². The van der Waals surface area contributed by atoms with Crippen LogP contribution in [-0.4, -0.2) is 31.4 Å². The number of hydrogen-bond acceptors (Lipinski definition) is 4. The van der Waals surface area contributed by atoms with Crippen LogP contribution >= 0.6 is 27.5 Å². The van der Waals surface area contributed by atoms with E-state index in [4.69, 9.17) is 16.0 Å². The van der Waals surface area contributed by atoms with Crippen molar-refractivity contribution in [2.24, 2.45) is 0 Å². The Morgan fingerprint density at radius 2 is 2.20 bits per heavy atom. The van der Waals surface area contributed by atoms with Crippen molar-refractivity contribution in [3.05, 3.63) is 51.9 Å². The molecule has 1 aromatic carbocycles. The number of nitrogens with zero attached hydrogens (tertiary/aromatic N) is 1. The van der Waals surface area contributed by atoms with Crippen molar-refractivity contribution in [1.82, 2.24) is 5.32 Å². The number of carbonyl (C=O) groups excluding carboxylic acids is 2. The molecule has 0 unspecified atom stereocenters. The summed E-state index contributed by atoms with van der Waals surface area (Å²) in [6, 6.07) is 8.71. The summed E-state index contributed by atoms with van der Waals surface area (Å²) in [5.41, 5.74) is 1.34. The number of benzene rings is 1. The average Bonchev–Trinajstić information content (AvgIpc) is 2.98. The van der Waals surface area contributed by atoms with Crippen LogP contribution in [0.4, 0.5) is 11.4 Å². The molecule has 1 aromatic heterocycles. The van der Waals surface area contributed by atoms with Crippen molar-refractivity contribution in [2.45, 2.75) is 0 Å². The summed E-state index contributed by atoms with van der Waals surface area (Å²) < 4.78 is 5.88. The molecule has 0 bridgehead atoms. The molecule has 2 amide bonds. The number of rotatable bonds is 4. The van der Waals surface area contributed by atoms with Crippen LogP contribution < -0.4 is 15.5 Å². The number of furan rings is 1. The van der Waals surface area contributed by atoms with Gasteiger partial charge in [-0.25, -0.2) is 0 Å². The van der Waals surface area contributed by atoms with Gasteiger partial charge in [0.1, 0.15) is 5.76 Å². The Morgan fingerprint density at radius 1 is 1.36 bits per heavy atom. The second kappa shape index (κ2) is 7.76. The zero-order chi connectivity index (χ0) is 17.8. The first-order chi connectivity index (χ1) is 12.0. The number of piperazine rings is 1. The maximum atomic E-state index is 12.0. The molecule has 0 radical (unpaired) electrons. The first-order valence-corrected chi connectivity index (χ1v) is 8.74. The predicted octanol–water partition coefficient (Wildman–Crippen LogP) is 3.28. The van der Waals surface area contributed by atoms with Crippen LogP contribution in [0, 0.1) is 0 Å². The van der Waals surface area contributed by atoms with Gasteiger partial charge in [-0.1, -0.05) is 11.6 Å². The number of amides is 2. The zero-order valence-corrected chi connectivity index (χ0v) is 15.4. The van der Waals surface area contributed by atoms with E-state index in [0.29, 0.717) is 34.2 Å². The molecule has 2 heterocycles. The SMILES string of the molecule is O=C(/C=C/c1ccc(Br)o1)Nc1ccc(N2CCNC(=O)C2)c(Cl)c1.